The van der Waals surface area contributed by atoms with Gasteiger partial charge in [0, 0.05) is 35.4 Å². The van der Waals surface area contributed by atoms with E-state index in [1.165, 1.54) is 27.8 Å². The molecule has 1 aliphatic rings. The summed E-state index contributed by atoms with van der Waals surface area (Å²) in [6.07, 6.45) is 7.63. The van der Waals surface area contributed by atoms with Gasteiger partial charge in [0.25, 0.3) is 0 Å². The molecular weight excluding hydrogens is 556 g/mol. The first-order chi connectivity index (χ1) is 10.5. The van der Waals surface area contributed by atoms with Crippen LogP contribution in [0.15, 0.2) is 24.3 Å². The summed E-state index contributed by atoms with van der Waals surface area (Å²) < 4.78 is 0. The van der Waals surface area contributed by atoms with Crippen molar-refractivity contribution < 1.29 is 25.8 Å². The van der Waals surface area contributed by atoms with Crippen molar-refractivity contribution in [2.45, 2.75) is 78.8 Å². The van der Waals surface area contributed by atoms with Crippen LogP contribution in [-0.4, -0.2) is 9.52 Å². The van der Waals surface area contributed by atoms with Crippen LogP contribution in [0.5, 0.6) is 0 Å². The average Bonchev–Trinajstić information content (AvgIpc) is 2.90. The topological polar surface area (TPSA) is 33.5 Å². The van der Waals surface area contributed by atoms with Gasteiger partial charge in [-0.2, -0.15) is 0 Å². The Morgan fingerprint density at radius 1 is 0.963 bits per heavy atom. The van der Waals surface area contributed by atoms with Gasteiger partial charge in [-0.3, -0.25) is 0 Å². The van der Waals surface area contributed by atoms with Crippen LogP contribution in [0, 0.1) is 13.0 Å². The molecule has 0 atom stereocenters. The third-order valence-electron chi connectivity index (χ3n) is 4.03. The number of allylic oxidation sites excluding steroid dienone is 4. The van der Waals surface area contributed by atoms with Crippen molar-refractivity contribution in [3.05, 3.63) is 58.8 Å². The predicted octanol–water partition coefficient (Wildman–Crippen LogP) is 7.81. The van der Waals surface area contributed by atoms with Crippen molar-refractivity contribution in [3.8, 4) is 0 Å². The molecule has 0 amide bonds. The second-order valence-corrected chi connectivity index (χ2v) is 9.63. The van der Waals surface area contributed by atoms with Crippen molar-refractivity contribution in [3.63, 3.8) is 0 Å². The minimum Gasteiger partial charge on any atom is -0.693 e. The third-order valence-corrected chi connectivity index (χ3v) is 4.03. The molecule has 0 saturated heterocycles. The van der Waals surface area contributed by atoms with Crippen molar-refractivity contribution in [2.24, 2.45) is 0 Å². The Morgan fingerprint density at radius 2 is 1.44 bits per heavy atom. The van der Waals surface area contributed by atoms with Crippen LogP contribution in [0.4, 0.5) is 0 Å². The summed E-state index contributed by atoms with van der Waals surface area (Å²) in [6.45, 7) is 20.5. The van der Waals surface area contributed by atoms with E-state index in [4.69, 9.17) is 0 Å². The van der Waals surface area contributed by atoms with Crippen molar-refractivity contribution >= 4 is 39.9 Å². The first kappa shape index (κ1) is 34.8. The predicted molar refractivity (Wildman–Crippen MR) is 128 cm³/mol. The quantitative estimate of drug-likeness (QED) is 0.235. The molecule has 155 valence electrons. The Balaban J connectivity index is -0.000000355. The molecule has 0 saturated carbocycles. The van der Waals surface area contributed by atoms with Crippen LogP contribution in [-0.2, 0) is 36.7 Å². The normalized spacial score (nSPS) is 12.3. The van der Waals surface area contributed by atoms with Crippen LogP contribution in [0.3, 0.4) is 0 Å². The Morgan fingerprint density at radius 3 is 1.78 bits per heavy atom. The standard InChI is InChI=1S/C20H27.C2H7Si.2ClH.Hf.H2N/c1-14-16(15-10-8-9-11-15)12-13-17(19(2,3)4)18(14)20(5,6)7;1-3-2;;;;/h8-10,13H,11H2,1-7H3;3H,1-2H3;2*1H;;1H2/q-1;;;;;-1. The summed E-state index contributed by atoms with van der Waals surface area (Å²) in [7, 11) is 0.750. The maximum atomic E-state index is 3.56. The summed E-state index contributed by atoms with van der Waals surface area (Å²) in [5.74, 6) is 0. The summed E-state index contributed by atoms with van der Waals surface area (Å²) in [5.41, 5.74) is 7.33. The molecule has 1 nitrogen and oxygen atoms in total. The number of hydrogen-bond acceptors (Lipinski definition) is 0. The van der Waals surface area contributed by atoms with Crippen LogP contribution in [0.25, 0.3) is 11.7 Å². The SMILES string of the molecule is C[SiH]C.Cc1c(C2=CC=CC2)[c-]cc(C(C)(C)C)c1C(C)(C)C.Cl.Cl.[Hf].[NH2-]. The van der Waals surface area contributed by atoms with Crippen LogP contribution in [0.2, 0.25) is 13.1 Å². The molecule has 0 heterocycles. The molecule has 0 aromatic heterocycles. The molecule has 2 N–H and O–H groups in total. The third kappa shape index (κ3) is 9.58. The molecular formula is C22H38Cl2HfNSi-2. The van der Waals surface area contributed by atoms with E-state index in [1.807, 2.05) is 0 Å². The van der Waals surface area contributed by atoms with E-state index in [2.05, 4.69) is 91.9 Å². The van der Waals surface area contributed by atoms with Gasteiger partial charge in [0.05, 0.1) is 0 Å². The minimum atomic E-state index is 0. The summed E-state index contributed by atoms with van der Waals surface area (Å²) in [4.78, 5) is 0. The molecule has 1 aromatic carbocycles. The van der Waals surface area contributed by atoms with E-state index >= 15 is 0 Å². The maximum absolute atomic E-state index is 3.56. The van der Waals surface area contributed by atoms with Crippen LogP contribution < -0.4 is 0 Å². The van der Waals surface area contributed by atoms with Gasteiger partial charge in [0.2, 0.25) is 0 Å². The van der Waals surface area contributed by atoms with E-state index in [0.29, 0.717) is 0 Å². The largest absolute Gasteiger partial charge is 0.693 e. The van der Waals surface area contributed by atoms with Gasteiger partial charge in [-0.05, 0) is 17.3 Å². The van der Waals surface area contributed by atoms with Crippen molar-refractivity contribution in [1.29, 1.82) is 0 Å². The smallest absolute Gasteiger partial charge is 0.0213 e. The first-order valence-electron chi connectivity index (χ1n) is 8.70. The molecule has 5 heteroatoms. The summed E-state index contributed by atoms with van der Waals surface area (Å²) in [6, 6.07) is 5.78. The molecule has 0 unspecified atom stereocenters. The van der Waals surface area contributed by atoms with E-state index in [-0.39, 0.29) is 67.6 Å². The van der Waals surface area contributed by atoms with Gasteiger partial charge in [-0.15, -0.1) is 70.8 Å². The van der Waals surface area contributed by atoms with Gasteiger partial charge in [0.15, 0.2) is 0 Å². The fourth-order valence-corrected chi connectivity index (χ4v) is 3.18. The zero-order valence-electron chi connectivity index (χ0n) is 18.5. The molecule has 27 heavy (non-hydrogen) atoms. The Hall–Kier alpha value is 0.327. The van der Waals surface area contributed by atoms with Crippen LogP contribution >= 0.6 is 24.8 Å². The first-order valence-corrected chi connectivity index (χ1v) is 11.0. The fraction of sp³-hybridized carbons (Fsp3) is 0.545. The Bertz CT molecular complexity index is 612. The Labute approximate surface area is 202 Å². The summed E-state index contributed by atoms with van der Waals surface area (Å²) in [5, 5.41) is 0. The molecule has 2 rings (SSSR count). The van der Waals surface area contributed by atoms with E-state index in [0.717, 1.165) is 15.9 Å². The van der Waals surface area contributed by atoms with E-state index < -0.39 is 0 Å². The monoisotopic (exact) mass is 594 g/mol. The van der Waals surface area contributed by atoms with Gasteiger partial charge in [-0.25, -0.2) is 0 Å². The average molecular weight is 594 g/mol. The van der Waals surface area contributed by atoms with E-state index in [1.54, 1.807) is 0 Å². The number of hydrogen-bond donors (Lipinski definition) is 0. The second-order valence-electron chi connectivity index (χ2n) is 8.48. The number of rotatable bonds is 1. The zero-order chi connectivity index (χ0) is 17.8. The molecule has 1 aromatic rings. The summed E-state index contributed by atoms with van der Waals surface area (Å²) >= 11 is 0. The fourth-order valence-electron chi connectivity index (χ4n) is 3.18. The molecule has 0 bridgehead atoms. The Kier molecular flexibility index (Phi) is 18.5. The second kappa shape index (κ2) is 14.3. The van der Waals surface area contributed by atoms with Crippen LogP contribution in [0.1, 0.15) is 70.2 Å². The van der Waals surface area contributed by atoms with Gasteiger partial charge >= 0.3 is 0 Å². The maximum Gasteiger partial charge on any atom is 0.0213 e. The zero-order valence-corrected chi connectivity index (χ0v) is 24.9. The minimum absolute atomic E-state index is 0. The van der Waals surface area contributed by atoms with Crippen molar-refractivity contribution in [1.82, 2.24) is 0 Å². The van der Waals surface area contributed by atoms with Crippen molar-refractivity contribution in [2.75, 3.05) is 0 Å². The molecule has 1 aliphatic carbocycles. The van der Waals surface area contributed by atoms with Gasteiger partial charge in [0.1, 0.15) is 0 Å². The molecule has 1 radical (unpaired) electrons. The number of nitrogens with two attached hydrogens (primary N) is 1. The number of halogens is 2. The molecule has 0 fully saturated rings. The van der Waals surface area contributed by atoms with Gasteiger partial charge < -0.3 is 6.15 Å². The number of benzene rings is 1. The van der Waals surface area contributed by atoms with E-state index in [9.17, 15) is 0 Å². The molecule has 0 spiro atoms. The van der Waals surface area contributed by atoms with Gasteiger partial charge in [-0.1, -0.05) is 73.7 Å². The molecule has 0 aliphatic heterocycles.